The summed E-state index contributed by atoms with van der Waals surface area (Å²) in [5.41, 5.74) is 0.298. The molecule has 2 aliphatic rings. The number of piperidine rings is 1. The molecule has 5 heteroatoms. The lowest BCUT2D eigenvalue weighted by Crippen LogP contribution is -2.55. The third-order valence-corrected chi connectivity index (χ3v) is 4.95. The van der Waals surface area contributed by atoms with Crippen molar-refractivity contribution in [3.05, 3.63) is 0 Å². The molecule has 2 heterocycles. The minimum atomic E-state index is 0.143. The van der Waals surface area contributed by atoms with Crippen molar-refractivity contribution in [1.29, 1.82) is 0 Å². The van der Waals surface area contributed by atoms with Gasteiger partial charge in [0.15, 0.2) is 0 Å². The maximum absolute atomic E-state index is 12.0. The number of likely N-dealkylation sites (N-methyl/N-ethyl adjacent to an activating group) is 1. The van der Waals surface area contributed by atoms with Crippen molar-refractivity contribution in [3.63, 3.8) is 0 Å². The summed E-state index contributed by atoms with van der Waals surface area (Å²) < 4.78 is 5.31. The Balaban J connectivity index is 1.94. The molecule has 1 spiro atoms. The Morgan fingerprint density at radius 2 is 1.95 bits per heavy atom. The second kappa shape index (κ2) is 5.67. The molecule has 2 saturated heterocycles. The molecular weight excluding hydrogens is 242 g/mol. The lowest BCUT2D eigenvalue weighted by molar-refractivity contribution is 0.0352. The number of rotatable bonds is 2. The highest BCUT2D eigenvalue weighted by Crippen LogP contribution is 2.40. The van der Waals surface area contributed by atoms with Crippen molar-refractivity contribution in [2.75, 3.05) is 47.9 Å². The van der Waals surface area contributed by atoms with Crippen molar-refractivity contribution in [2.24, 2.45) is 0 Å². The molecule has 0 aromatic rings. The normalized spacial score (nSPS) is 26.9. The number of nitrogens with zero attached hydrogens (tertiary/aromatic N) is 3. The average Bonchev–Trinajstić information content (AvgIpc) is 2.69. The Morgan fingerprint density at radius 3 is 2.47 bits per heavy atom. The van der Waals surface area contributed by atoms with Crippen molar-refractivity contribution < 1.29 is 9.53 Å². The summed E-state index contributed by atoms with van der Waals surface area (Å²) in [6, 6.07) is 0.685. The predicted octanol–water partition coefficient (Wildman–Crippen LogP) is 1.24. The first kappa shape index (κ1) is 14.6. The Morgan fingerprint density at radius 1 is 1.32 bits per heavy atom. The molecule has 0 bridgehead atoms. The smallest absolute Gasteiger partial charge is 0.319 e. The maximum Gasteiger partial charge on any atom is 0.319 e. The average molecular weight is 269 g/mol. The first-order valence-corrected chi connectivity index (χ1v) is 7.18. The van der Waals surface area contributed by atoms with Gasteiger partial charge >= 0.3 is 6.03 Å². The minimum Gasteiger partial charge on any atom is -0.383 e. The molecule has 1 unspecified atom stereocenters. The molecule has 2 aliphatic heterocycles. The molecule has 0 radical (unpaired) electrons. The van der Waals surface area contributed by atoms with Gasteiger partial charge in [0.1, 0.15) is 0 Å². The van der Waals surface area contributed by atoms with Gasteiger partial charge in [0, 0.05) is 45.9 Å². The van der Waals surface area contributed by atoms with Gasteiger partial charge in [-0.05, 0) is 32.7 Å². The number of likely N-dealkylation sites (tertiary alicyclic amines) is 2. The van der Waals surface area contributed by atoms with Crippen molar-refractivity contribution in [2.45, 2.75) is 37.3 Å². The zero-order valence-corrected chi connectivity index (χ0v) is 12.7. The van der Waals surface area contributed by atoms with E-state index in [0.29, 0.717) is 11.6 Å². The van der Waals surface area contributed by atoms with Gasteiger partial charge < -0.3 is 14.5 Å². The van der Waals surface area contributed by atoms with Crippen LogP contribution in [0.5, 0.6) is 0 Å². The number of carbonyl (C=O) groups excluding carboxylic acids is 1. The first-order valence-electron chi connectivity index (χ1n) is 7.18. The molecule has 1 atom stereocenters. The Hall–Kier alpha value is -0.810. The minimum absolute atomic E-state index is 0.143. The first-order chi connectivity index (χ1) is 9.00. The Bertz CT molecular complexity index is 325. The van der Waals surface area contributed by atoms with Gasteiger partial charge in [-0.25, -0.2) is 4.79 Å². The lowest BCUT2D eigenvalue weighted by Gasteiger charge is -2.45. The van der Waals surface area contributed by atoms with Crippen LogP contribution in [0.15, 0.2) is 0 Å². The van der Waals surface area contributed by atoms with E-state index in [1.807, 2.05) is 19.0 Å². The fraction of sp³-hybridized carbons (Fsp3) is 0.929. The summed E-state index contributed by atoms with van der Waals surface area (Å²) >= 11 is 0. The van der Waals surface area contributed by atoms with Crippen LogP contribution >= 0.6 is 0 Å². The van der Waals surface area contributed by atoms with E-state index >= 15 is 0 Å². The number of carbonyl (C=O) groups is 1. The Kier molecular flexibility index (Phi) is 4.36. The van der Waals surface area contributed by atoms with Gasteiger partial charge in [0.2, 0.25) is 0 Å². The van der Waals surface area contributed by atoms with Crippen LogP contribution in [0, 0.1) is 0 Å². The quantitative estimate of drug-likeness (QED) is 0.757. The number of ether oxygens (including phenoxy) is 1. The van der Waals surface area contributed by atoms with E-state index in [4.69, 9.17) is 4.74 Å². The summed E-state index contributed by atoms with van der Waals surface area (Å²) in [4.78, 5) is 18.1. The molecule has 0 N–H and O–H groups in total. The van der Waals surface area contributed by atoms with Gasteiger partial charge in [-0.15, -0.1) is 0 Å². The molecular formula is C14H27N3O2. The second-order valence-corrected chi connectivity index (χ2v) is 6.15. The molecule has 2 amide bonds. The number of hydrogen-bond donors (Lipinski definition) is 0. The SMILES string of the molecule is COCC1CCC2(CCN(C(=O)N(C)C)CC2)N1C. The molecule has 5 nitrogen and oxygen atoms in total. The molecule has 0 aliphatic carbocycles. The molecule has 2 rings (SSSR count). The zero-order valence-electron chi connectivity index (χ0n) is 12.7. The van der Waals surface area contributed by atoms with Crippen molar-refractivity contribution >= 4 is 6.03 Å². The molecule has 0 aromatic heterocycles. The van der Waals surface area contributed by atoms with Gasteiger partial charge in [-0.1, -0.05) is 0 Å². The molecule has 2 fully saturated rings. The fourth-order valence-corrected chi connectivity index (χ4v) is 3.58. The monoisotopic (exact) mass is 269 g/mol. The summed E-state index contributed by atoms with van der Waals surface area (Å²) in [5, 5.41) is 0. The molecule has 0 aromatic carbocycles. The number of hydrogen-bond acceptors (Lipinski definition) is 3. The standard InChI is InChI=1S/C14H27N3O2/c1-15(2)13(18)17-9-7-14(8-10-17)6-5-12(11-19-4)16(14)3/h12H,5-11H2,1-4H3. The van der Waals surface area contributed by atoms with E-state index in [9.17, 15) is 4.79 Å². The highest BCUT2D eigenvalue weighted by molar-refractivity contribution is 5.73. The van der Waals surface area contributed by atoms with Gasteiger partial charge in [-0.3, -0.25) is 4.90 Å². The number of methoxy groups -OCH3 is 1. The number of urea groups is 1. The van der Waals surface area contributed by atoms with Crippen LogP contribution in [0.25, 0.3) is 0 Å². The van der Waals surface area contributed by atoms with Crippen LogP contribution in [-0.4, -0.2) is 80.3 Å². The van der Waals surface area contributed by atoms with Crippen LogP contribution in [0.3, 0.4) is 0 Å². The molecule has 110 valence electrons. The highest BCUT2D eigenvalue weighted by Gasteiger charge is 2.46. The van der Waals surface area contributed by atoms with E-state index in [1.165, 1.54) is 12.8 Å². The van der Waals surface area contributed by atoms with Crippen molar-refractivity contribution in [3.8, 4) is 0 Å². The topological polar surface area (TPSA) is 36.0 Å². The van der Waals surface area contributed by atoms with Crippen LogP contribution in [-0.2, 0) is 4.74 Å². The zero-order chi connectivity index (χ0) is 14.0. The molecule has 19 heavy (non-hydrogen) atoms. The summed E-state index contributed by atoms with van der Waals surface area (Å²) in [6.45, 7) is 2.57. The summed E-state index contributed by atoms with van der Waals surface area (Å²) in [7, 11) is 7.64. The van der Waals surface area contributed by atoms with Crippen LogP contribution in [0.2, 0.25) is 0 Å². The van der Waals surface area contributed by atoms with Gasteiger partial charge in [0.05, 0.1) is 6.61 Å². The third-order valence-electron chi connectivity index (χ3n) is 4.95. The van der Waals surface area contributed by atoms with E-state index in [-0.39, 0.29) is 6.03 Å². The molecule has 0 saturated carbocycles. The fourth-order valence-electron chi connectivity index (χ4n) is 3.58. The lowest BCUT2D eigenvalue weighted by atomic mass is 9.85. The van der Waals surface area contributed by atoms with Crippen molar-refractivity contribution in [1.82, 2.24) is 14.7 Å². The van der Waals surface area contributed by atoms with Crippen LogP contribution < -0.4 is 0 Å². The van der Waals surface area contributed by atoms with Crippen LogP contribution in [0.1, 0.15) is 25.7 Å². The van der Waals surface area contributed by atoms with E-state index in [1.54, 1.807) is 12.0 Å². The van der Waals surface area contributed by atoms with Gasteiger partial charge in [0.25, 0.3) is 0 Å². The second-order valence-electron chi connectivity index (χ2n) is 6.15. The summed E-state index contributed by atoms with van der Waals surface area (Å²) in [6.07, 6.45) is 4.63. The maximum atomic E-state index is 12.0. The number of amides is 2. The largest absolute Gasteiger partial charge is 0.383 e. The Labute approximate surface area is 116 Å². The predicted molar refractivity (Wildman–Crippen MR) is 75.3 cm³/mol. The van der Waals surface area contributed by atoms with E-state index in [0.717, 1.165) is 32.5 Å². The van der Waals surface area contributed by atoms with E-state index in [2.05, 4.69) is 11.9 Å². The highest BCUT2D eigenvalue weighted by atomic mass is 16.5. The van der Waals surface area contributed by atoms with Gasteiger partial charge in [-0.2, -0.15) is 0 Å². The third kappa shape index (κ3) is 2.72. The van der Waals surface area contributed by atoms with Crippen LogP contribution in [0.4, 0.5) is 4.79 Å². The summed E-state index contributed by atoms with van der Waals surface area (Å²) in [5.74, 6) is 0. The van der Waals surface area contributed by atoms with E-state index < -0.39 is 0 Å².